The predicted molar refractivity (Wildman–Crippen MR) is 75.7 cm³/mol. The molecule has 1 aromatic rings. The van der Waals surface area contributed by atoms with Gasteiger partial charge in [0.1, 0.15) is 4.90 Å². The lowest BCUT2D eigenvalue weighted by Crippen LogP contribution is -2.34. The maximum Gasteiger partial charge on any atom is 0.246 e. The maximum atomic E-state index is 12.5. The lowest BCUT2D eigenvalue weighted by molar-refractivity contribution is 0.349. The van der Waals surface area contributed by atoms with E-state index >= 15 is 0 Å². The van der Waals surface area contributed by atoms with Crippen LogP contribution in [-0.4, -0.2) is 42.1 Å². The number of nitrogens with zero attached hydrogens (tertiary/aromatic N) is 3. The molecule has 0 aliphatic carbocycles. The van der Waals surface area contributed by atoms with Gasteiger partial charge in [0.25, 0.3) is 0 Å². The smallest absolute Gasteiger partial charge is 0.246 e. The first kappa shape index (κ1) is 16.4. The number of rotatable bonds is 3. The van der Waals surface area contributed by atoms with E-state index in [9.17, 15) is 8.42 Å². The van der Waals surface area contributed by atoms with Crippen molar-refractivity contribution in [2.45, 2.75) is 25.2 Å². The van der Waals surface area contributed by atoms with E-state index in [-0.39, 0.29) is 17.8 Å². The van der Waals surface area contributed by atoms with Crippen LogP contribution in [0.2, 0.25) is 0 Å². The van der Waals surface area contributed by atoms with Gasteiger partial charge in [-0.25, -0.2) is 8.42 Å². The largest absolute Gasteiger partial charge is 0.330 e. The van der Waals surface area contributed by atoms with Gasteiger partial charge in [-0.3, -0.25) is 4.68 Å². The average molecular weight is 309 g/mol. The molecule has 0 spiro atoms. The van der Waals surface area contributed by atoms with Gasteiger partial charge in [0.2, 0.25) is 10.0 Å². The van der Waals surface area contributed by atoms with Crippen molar-refractivity contribution in [3.05, 3.63) is 11.9 Å². The second-order valence-electron chi connectivity index (χ2n) is 5.32. The van der Waals surface area contributed by atoms with Gasteiger partial charge in [-0.05, 0) is 25.3 Å². The average Bonchev–Trinajstić information content (AvgIpc) is 2.86. The van der Waals surface area contributed by atoms with Crippen molar-refractivity contribution >= 4 is 22.4 Å². The van der Waals surface area contributed by atoms with Crippen LogP contribution in [0, 0.1) is 12.3 Å². The molecule has 2 rings (SSSR count). The minimum atomic E-state index is -3.44. The Kier molecular flexibility index (Phi) is 4.66. The molecular weight excluding hydrogens is 288 g/mol. The Morgan fingerprint density at radius 1 is 1.53 bits per heavy atom. The van der Waals surface area contributed by atoms with Gasteiger partial charge < -0.3 is 5.73 Å². The van der Waals surface area contributed by atoms with Crippen LogP contribution in [0.15, 0.2) is 11.1 Å². The number of sulfonamides is 1. The van der Waals surface area contributed by atoms with Crippen LogP contribution in [0.1, 0.15) is 19.0 Å². The highest BCUT2D eigenvalue weighted by molar-refractivity contribution is 7.89. The lowest BCUT2D eigenvalue weighted by Gasteiger charge is -2.22. The molecule has 0 amide bonds. The molecule has 19 heavy (non-hydrogen) atoms. The molecule has 2 heterocycles. The second kappa shape index (κ2) is 5.40. The molecule has 1 unspecified atom stereocenters. The minimum absolute atomic E-state index is 0. The summed E-state index contributed by atoms with van der Waals surface area (Å²) in [7, 11) is -1.70. The fourth-order valence-electron chi connectivity index (χ4n) is 2.22. The minimum Gasteiger partial charge on any atom is -0.330 e. The third kappa shape index (κ3) is 2.79. The van der Waals surface area contributed by atoms with E-state index in [0.717, 1.165) is 6.42 Å². The van der Waals surface area contributed by atoms with Crippen molar-refractivity contribution in [3.63, 3.8) is 0 Å². The molecule has 1 aromatic heterocycles. The zero-order chi connectivity index (χ0) is 13.6. The Morgan fingerprint density at radius 3 is 2.58 bits per heavy atom. The molecule has 2 N–H and O–H groups in total. The van der Waals surface area contributed by atoms with Gasteiger partial charge in [-0.2, -0.15) is 9.40 Å². The Labute approximate surface area is 120 Å². The van der Waals surface area contributed by atoms with E-state index in [1.807, 2.05) is 6.92 Å². The summed E-state index contributed by atoms with van der Waals surface area (Å²) in [4.78, 5) is 0.297. The van der Waals surface area contributed by atoms with Gasteiger partial charge in [0.05, 0.1) is 11.9 Å². The molecule has 1 aliphatic rings. The van der Waals surface area contributed by atoms with Crippen molar-refractivity contribution in [2.24, 2.45) is 18.2 Å². The highest BCUT2D eigenvalue weighted by Crippen LogP contribution is 2.32. The van der Waals surface area contributed by atoms with Gasteiger partial charge in [0, 0.05) is 20.1 Å². The summed E-state index contributed by atoms with van der Waals surface area (Å²) in [5.74, 6) is 0. The first-order valence-corrected chi connectivity index (χ1v) is 7.43. The van der Waals surface area contributed by atoms with E-state index in [0.29, 0.717) is 30.2 Å². The van der Waals surface area contributed by atoms with Crippen LogP contribution in [0.3, 0.4) is 0 Å². The number of halogens is 1. The number of aryl methyl sites for hydroxylation is 1. The summed E-state index contributed by atoms with van der Waals surface area (Å²) in [5, 5.41) is 4.00. The summed E-state index contributed by atoms with van der Waals surface area (Å²) in [6.45, 7) is 5.31. The molecule has 0 aromatic carbocycles. The van der Waals surface area contributed by atoms with Crippen LogP contribution in [0.5, 0.6) is 0 Å². The Morgan fingerprint density at radius 2 is 2.16 bits per heavy atom. The van der Waals surface area contributed by atoms with Crippen molar-refractivity contribution in [3.8, 4) is 0 Å². The van der Waals surface area contributed by atoms with E-state index in [4.69, 9.17) is 5.73 Å². The number of nitrogens with two attached hydrogens (primary N) is 1. The number of hydrogen-bond donors (Lipinski definition) is 1. The van der Waals surface area contributed by atoms with Crippen LogP contribution < -0.4 is 5.73 Å². The molecule has 1 atom stereocenters. The monoisotopic (exact) mass is 308 g/mol. The molecular formula is C11H21ClN4O2S. The Bertz CT molecular complexity index is 557. The zero-order valence-corrected chi connectivity index (χ0v) is 13.1. The van der Waals surface area contributed by atoms with E-state index in [2.05, 4.69) is 5.10 Å². The molecule has 6 nitrogen and oxygen atoms in total. The SMILES string of the molecule is Cc1c(S(=O)(=O)N2CCC(C)(CN)C2)cnn1C.Cl. The normalized spacial score (nSPS) is 24.4. The van der Waals surface area contributed by atoms with Crippen LogP contribution in [-0.2, 0) is 17.1 Å². The van der Waals surface area contributed by atoms with Crippen molar-refractivity contribution in [1.82, 2.24) is 14.1 Å². The van der Waals surface area contributed by atoms with Gasteiger partial charge in [-0.15, -0.1) is 12.4 Å². The van der Waals surface area contributed by atoms with Crippen molar-refractivity contribution in [1.29, 1.82) is 0 Å². The molecule has 0 saturated carbocycles. The van der Waals surface area contributed by atoms with E-state index in [1.54, 1.807) is 18.7 Å². The van der Waals surface area contributed by atoms with Crippen LogP contribution >= 0.6 is 12.4 Å². The summed E-state index contributed by atoms with van der Waals surface area (Å²) >= 11 is 0. The van der Waals surface area contributed by atoms with Crippen LogP contribution in [0.25, 0.3) is 0 Å². The van der Waals surface area contributed by atoms with Gasteiger partial charge in [0.15, 0.2) is 0 Å². The number of hydrogen-bond acceptors (Lipinski definition) is 4. The van der Waals surface area contributed by atoms with Crippen molar-refractivity contribution < 1.29 is 8.42 Å². The molecule has 0 bridgehead atoms. The molecule has 1 aliphatic heterocycles. The molecule has 0 radical (unpaired) electrons. The highest BCUT2D eigenvalue weighted by atomic mass is 35.5. The van der Waals surface area contributed by atoms with E-state index < -0.39 is 10.0 Å². The maximum absolute atomic E-state index is 12.5. The topological polar surface area (TPSA) is 81.2 Å². The second-order valence-corrected chi connectivity index (χ2v) is 7.23. The van der Waals surface area contributed by atoms with Crippen molar-refractivity contribution in [2.75, 3.05) is 19.6 Å². The quantitative estimate of drug-likeness (QED) is 0.882. The van der Waals surface area contributed by atoms with Gasteiger partial charge in [-0.1, -0.05) is 6.92 Å². The Hall–Kier alpha value is -0.630. The third-order valence-corrected chi connectivity index (χ3v) is 5.77. The molecule has 1 fully saturated rings. The summed E-state index contributed by atoms with van der Waals surface area (Å²) < 4.78 is 28.1. The first-order valence-electron chi connectivity index (χ1n) is 5.99. The number of aromatic nitrogens is 2. The standard InChI is InChI=1S/C11H20N4O2S.ClH/c1-9-10(6-13-14(9)3)18(16,17)15-5-4-11(2,7-12)8-15;/h6H,4-5,7-8,12H2,1-3H3;1H. The highest BCUT2D eigenvalue weighted by Gasteiger charge is 2.39. The predicted octanol–water partition coefficient (Wildman–Crippen LogP) is 0.510. The molecule has 8 heteroatoms. The molecule has 110 valence electrons. The van der Waals surface area contributed by atoms with E-state index in [1.165, 1.54) is 10.5 Å². The van der Waals surface area contributed by atoms with Crippen LogP contribution in [0.4, 0.5) is 0 Å². The Balaban J connectivity index is 0.00000180. The molecule has 1 saturated heterocycles. The lowest BCUT2D eigenvalue weighted by atomic mass is 9.90. The fraction of sp³-hybridized carbons (Fsp3) is 0.727. The first-order chi connectivity index (χ1) is 8.30. The van der Waals surface area contributed by atoms with Gasteiger partial charge >= 0.3 is 0 Å². The summed E-state index contributed by atoms with van der Waals surface area (Å²) in [5.41, 5.74) is 6.26. The zero-order valence-electron chi connectivity index (χ0n) is 11.5. The third-order valence-electron chi connectivity index (χ3n) is 3.82. The fourth-order valence-corrected chi connectivity index (χ4v) is 4.00. The summed E-state index contributed by atoms with van der Waals surface area (Å²) in [6.07, 6.45) is 2.23. The summed E-state index contributed by atoms with van der Waals surface area (Å²) in [6, 6.07) is 0.